The van der Waals surface area contributed by atoms with Gasteiger partial charge >= 0.3 is 0 Å². The molecule has 2 rings (SSSR count). The highest BCUT2D eigenvalue weighted by atomic mass is 16.5. The maximum atomic E-state index is 5.69. The highest BCUT2D eigenvalue weighted by Crippen LogP contribution is 2.28. The van der Waals surface area contributed by atoms with E-state index in [-0.39, 0.29) is 0 Å². The summed E-state index contributed by atoms with van der Waals surface area (Å²) in [6.45, 7) is 7.29. The summed E-state index contributed by atoms with van der Waals surface area (Å²) >= 11 is 0. The number of hydrogen-bond donors (Lipinski definition) is 1. The van der Waals surface area contributed by atoms with Crippen LogP contribution in [0.15, 0.2) is 30.3 Å². The van der Waals surface area contributed by atoms with E-state index in [2.05, 4.69) is 49.5 Å². The van der Waals surface area contributed by atoms with Crippen LogP contribution in [0.3, 0.4) is 0 Å². The minimum absolute atomic E-state index is 0.450. The zero-order chi connectivity index (χ0) is 13.5. The number of rotatable bonds is 9. The molecule has 0 radical (unpaired) electrons. The number of hydrogen-bond acceptors (Lipinski definition) is 2. The molecule has 19 heavy (non-hydrogen) atoms. The van der Waals surface area contributed by atoms with Crippen LogP contribution >= 0.6 is 0 Å². The van der Waals surface area contributed by atoms with Gasteiger partial charge in [0, 0.05) is 19.2 Å². The van der Waals surface area contributed by atoms with Crippen LogP contribution in [0.2, 0.25) is 0 Å². The maximum absolute atomic E-state index is 5.69. The summed E-state index contributed by atoms with van der Waals surface area (Å²) in [4.78, 5) is 0. The lowest BCUT2D eigenvalue weighted by atomic mass is 9.97. The highest BCUT2D eigenvalue weighted by molar-refractivity contribution is 5.18. The Morgan fingerprint density at radius 1 is 1.21 bits per heavy atom. The van der Waals surface area contributed by atoms with Crippen molar-refractivity contribution >= 4 is 0 Å². The SMILES string of the molecule is CC(C)CC(NCCOCC1CC1)c1ccccc1. The third kappa shape index (κ3) is 5.75. The van der Waals surface area contributed by atoms with Crippen LogP contribution in [-0.2, 0) is 4.74 Å². The molecule has 1 saturated carbocycles. The molecule has 1 aliphatic carbocycles. The molecule has 1 N–H and O–H groups in total. The van der Waals surface area contributed by atoms with E-state index in [9.17, 15) is 0 Å². The van der Waals surface area contributed by atoms with Crippen molar-refractivity contribution in [3.8, 4) is 0 Å². The van der Waals surface area contributed by atoms with E-state index in [0.29, 0.717) is 12.0 Å². The third-order valence-corrected chi connectivity index (χ3v) is 3.60. The van der Waals surface area contributed by atoms with Gasteiger partial charge in [0.1, 0.15) is 0 Å². The van der Waals surface area contributed by atoms with Gasteiger partial charge in [0.05, 0.1) is 6.61 Å². The molecule has 1 aromatic carbocycles. The lowest BCUT2D eigenvalue weighted by Gasteiger charge is -2.21. The summed E-state index contributed by atoms with van der Waals surface area (Å²) in [6.07, 6.45) is 3.91. The summed E-state index contributed by atoms with van der Waals surface area (Å²) in [6, 6.07) is 11.2. The van der Waals surface area contributed by atoms with Crippen molar-refractivity contribution in [2.75, 3.05) is 19.8 Å². The van der Waals surface area contributed by atoms with Gasteiger partial charge in [-0.2, -0.15) is 0 Å². The van der Waals surface area contributed by atoms with Gasteiger partial charge in [0.25, 0.3) is 0 Å². The second kappa shape index (κ2) is 7.66. The fraction of sp³-hybridized carbons (Fsp3) is 0.647. The number of nitrogens with one attached hydrogen (secondary N) is 1. The van der Waals surface area contributed by atoms with Crippen LogP contribution in [0.5, 0.6) is 0 Å². The van der Waals surface area contributed by atoms with Crippen molar-refractivity contribution in [3.63, 3.8) is 0 Å². The van der Waals surface area contributed by atoms with Gasteiger partial charge in [-0.05, 0) is 36.7 Å². The van der Waals surface area contributed by atoms with Crippen LogP contribution in [0.25, 0.3) is 0 Å². The summed E-state index contributed by atoms with van der Waals surface area (Å²) in [5.74, 6) is 1.56. The average molecular weight is 261 g/mol. The molecule has 0 aliphatic heterocycles. The van der Waals surface area contributed by atoms with Crippen molar-refractivity contribution in [2.45, 2.75) is 39.2 Å². The van der Waals surface area contributed by atoms with Crippen LogP contribution in [0.1, 0.15) is 44.7 Å². The van der Waals surface area contributed by atoms with Gasteiger partial charge in [-0.15, -0.1) is 0 Å². The molecular weight excluding hydrogens is 234 g/mol. The molecule has 0 saturated heterocycles. The van der Waals surface area contributed by atoms with Gasteiger partial charge in [0.15, 0.2) is 0 Å². The fourth-order valence-corrected chi connectivity index (χ4v) is 2.33. The first kappa shape index (κ1) is 14.5. The normalized spacial score (nSPS) is 16.8. The molecule has 0 bridgehead atoms. The van der Waals surface area contributed by atoms with Crippen LogP contribution in [0, 0.1) is 11.8 Å². The Bertz CT molecular complexity index is 346. The van der Waals surface area contributed by atoms with Crippen molar-refractivity contribution in [2.24, 2.45) is 11.8 Å². The van der Waals surface area contributed by atoms with E-state index in [1.54, 1.807) is 0 Å². The average Bonchev–Trinajstić information content (AvgIpc) is 3.22. The van der Waals surface area contributed by atoms with Gasteiger partial charge in [-0.25, -0.2) is 0 Å². The molecule has 1 atom stereocenters. The van der Waals surface area contributed by atoms with E-state index in [0.717, 1.165) is 25.7 Å². The van der Waals surface area contributed by atoms with Crippen LogP contribution < -0.4 is 5.32 Å². The van der Waals surface area contributed by atoms with Crippen LogP contribution in [0.4, 0.5) is 0 Å². The van der Waals surface area contributed by atoms with E-state index < -0.39 is 0 Å². The molecule has 106 valence electrons. The Labute approximate surface area is 117 Å². The maximum Gasteiger partial charge on any atom is 0.0591 e. The molecule has 0 aromatic heterocycles. The first-order valence-corrected chi connectivity index (χ1v) is 7.61. The minimum atomic E-state index is 0.450. The molecular formula is C17H27NO. The zero-order valence-corrected chi connectivity index (χ0v) is 12.3. The predicted molar refractivity (Wildman–Crippen MR) is 80.2 cm³/mol. The lowest BCUT2D eigenvalue weighted by molar-refractivity contribution is 0.123. The quantitative estimate of drug-likeness (QED) is 0.683. The molecule has 0 spiro atoms. The molecule has 0 amide bonds. The van der Waals surface area contributed by atoms with E-state index >= 15 is 0 Å². The second-order valence-electron chi connectivity index (χ2n) is 6.07. The van der Waals surface area contributed by atoms with Crippen molar-refractivity contribution < 1.29 is 4.74 Å². The molecule has 0 heterocycles. The summed E-state index contributed by atoms with van der Waals surface area (Å²) in [5, 5.41) is 3.64. The van der Waals surface area contributed by atoms with E-state index in [4.69, 9.17) is 4.74 Å². The Kier molecular flexibility index (Phi) is 5.87. The molecule has 1 fully saturated rings. The molecule has 2 heteroatoms. The van der Waals surface area contributed by atoms with E-state index in [1.165, 1.54) is 24.8 Å². The van der Waals surface area contributed by atoms with Crippen molar-refractivity contribution in [3.05, 3.63) is 35.9 Å². The number of benzene rings is 1. The fourth-order valence-electron chi connectivity index (χ4n) is 2.33. The summed E-state index contributed by atoms with van der Waals surface area (Å²) < 4.78 is 5.69. The Morgan fingerprint density at radius 2 is 1.95 bits per heavy atom. The predicted octanol–water partition coefficient (Wildman–Crippen LogP) is 3.79. The molecule has 1 aliphatic rings. The first-order valence-electron chi connectivity index (χ1n) is 7.61. The van der Waals surface area contributed by atoms with E-state index in [1.807, 2.05) is 0 Å². The minimum Gasteiger partial charge on any atom is -0.380 e. The van der Waals surface area contributed by atoms with Gasteiger partial charge in [-0.3, -0.25) is 0 Å². The second-order valence-corrected chi connectivity index (χ2v) is 6.07. The molecule has 1 aromatic rings. The van der Waals surface area contributed by atoms with Crippen molar-refractivity contribution in [1.29, 1.82) is 0 Å². The standard InChI is InChI=1S/C17H27NO/c1-14(2)12-17(16-6-4-3-5-7-16)18-10-11-19-13-15-8-9-15/h3-7,14-15,17-18H,8-13H2,1-2H3. The smallest absolute Gasteiger partial charge is 0.0591 e. The largest absolute Gasteiger partial charge is 0.380 e. The monoisotopic (exact) mass is 261 g/mol. The van der Waals surface area contributed by atoms with Crippen molar-refractivity contribution in [1.82, 2.24) is 5.32 Å². The summed E-state index contributed by atoms with van der Waals surface area (Å²) in [5.41, 5.74) is 1.39. The zero-order valence-electron chi connectivity index (χ0n) is 12.3. The molecule has 1 unspecified atom stereocenters. The third-order valence-electron chi connectivity index (χ3n) is 3.60. The number of ether oxygens (including phenoxy) is 1. The topological polar surface area (TPSA) is 21.3 Å². The Hall–Kier alpha value is -0.860. The Morgan fingerprint density at radius 3 is 2.58 bits per heavy atom. The summed E-state index contributed by atoms with van der Waals surface area (Å²) in [7, 11) is 0. The van der Waals surface area contributed by atoms with Crippen LogP contribution in [-0.4, -0.2) is 19.8 Å². The first-order chi connectivity index (χ1) is 9.25. The molecule has 2 nitrogen and oxygen atoms in total. The van der Waals surface area contributed by atoms with Gasteiger partial charge in [0.2, 0.25) is 0 Å². The van der Waals surface area contributed by atoms with Gasteiger partial charge in [-0.1, -0.05) is 44.2 Å². The highest BCUT2D eigenvalue weighted by Gasteiger charge is 2.21. The Balaban J connectivity index is 1.73. The lowest BCUT2D eigenvalue weighted by Crippen LogP contribution is -2.26. The van der Waals surface area contributed by atoms with Gasteiger partial charge < -0.3 is 10.1 Å².